The lowest BCUT2D eigenvalue weighted by Crippen LogP contribution is -2.06. The molecule has 98 valence electrons. The van der Waals surface area contributed by atoms with Crippen molar-refractivity contribution in [2.75, 3.05) is 6.61 Å². The number of halogens is 1. The molecule has 0 saturated heterocycles. The van der Waals surface area contributed by atoms with E-state index in [1.54, 1.807) is 0 Å². The van der Waals surface area contributed by atoms with Crippen molar-refractivity contribution in [3.63, 3.8) is 0 Å². The molecule has 18 heavy (non-hydrogen) atoms. The zero-order valence-electron chi connectivity index (χ0n) is 11.3. The second-order valence-electron chi connectivity index (χ2n) is 4.61. The second kappa shape index (κ2) is 5.19. The Balaban J connectivity index is 2.71. The van der Waals surface area contributed by atoms with Crippen molar-refractivity contribution in [1.29, 1.82) is 0 Å². The second-order valence-corrected chi connectivity index (χ2v) is 5.26. The maximum Gasteiger partial charge on any atom is 0.147 e. The minimum absolute atomic E-state index is 0.116. The first-order valence-electron chi connectivity index (χ1n) is 6.34. The molecule has 0 saturated carbocycles. The van der Waals surface area contributed by atoms with Gasteiger partial charge in [-0.15, -0.1) is 11.6 Å². The van der Waals surface area contributed by atoms with Crippen LogP contribution >= 0.6 is 11.6 Å². The average Bonchev–Trinajstić information content (AvgIpc) is 2.69. The monoisotopic (exact) mass is 266 g/mol. The van der Waals surface area contributed by atoms with Crippen molar-refractivity contribution in [2.45, 2.75) is 39.1 Å². The van der Waals surface area contributed by atoms with Gasteiger partial charge in [-0.05, 0) is 39.8 Å². The van der Waals surface area contributed by atoms with Crippen LogP contribution in [0.4, 0.5) is 0 Å². The summed E-state index contributed by atoms with van der Waals surface area (Å²) in [6.07, 6.45) is 0. The highest BCUT2D eigenvalue weighted by atomic mass is 35.5. The Hall–Kier alpha value is -1.22. The summed E-state index contributed by atoms with van der Waals surface area (Å²) in [4.78, 5) is 4.66. The van der Waals surface area contributed by atoms with Gasteiger partial charge in [-0.3, -0.25) is 0 Å². The lowest BCUT2D eigenvalue weighted by atomic mass is 10.2. The third kappa shape index (κ3) is 2.19. The Morgan fingerprint density at radius 1 is 1.33 bits per heavy atom. The number of hydrogen-bond donors (Lipinski definition) is 0. The van der Waals surface area contributed by atoms with Gasteiger partial charge in [-0.1, -0.05) is 6.07 Å². The highest BCUT2D eigenvalue weighted by Crippen LogP contribution is 2.32. The number of hydrogen-bond acceptors (Lipinski definition) is 2. The van der Waals surface area contributed by atoms with E-state index in [9.17, 15) is 0 Å². The topological polar surface area (TPSA) is 27.1 Å². The molecule has 1 unspecified atom stereocenters. The van der Waals surface area contributed by atoms with Crippen LogP contribution in [0, 0.1) is 0 Å². The first kappa shape index (κ1) is 13.2. The van der Waals surface area contributed by atoms with Crippen LogP contribution in [0.15, 0.2) is 18.2 Å². The van der Waals surface area contributed by atoms with E-state index in [1.165, 1.54) is 0 Å². The Morgan fingerprint density at radius 3 is 2.61 bits per heavy atom. The third-order valence-corrected chi connectivity index (χ3v) is 3.08. The van der Waals surface area contributed by atoms with E-state index in [1.807, 2.05) is 26.0 Å². The van der Waals surface area contributed by atoms with E-state index < -0.39 is 0 Å². The summed E-state index contributed by atoms with van der Waals surface area (Å²) < 4.78 is 7.80. The molecule has 0 bridgehead atoms. The summed E-state index contributed by atoms with van der Waals surface area (Å²) in [5, 5.41) is -0.116. The number of rotatable bonds is 4. The molecule has 0 radical (unpaired) electrons. The molecule has 0 spiro atoms. The van der Waals surface area contributed by atoms with E-state index in [0.29, 0.717) is 12.6 Å². The standard InChI is InChI=1S/C14H19ClN2O/c1-5-18-12-8-6-7-11-13(12)16-14(10(4)15)17(11)9(2)3/h6-10H,5H2,1-4H3. The molecule has 0 aliphatic rings. The molecule has 4 heteroatoms. The lowest BCUT2D eigenvalue weighted by molar-refractivity contribution is 0.343. The van der Waals surface area contributed by atoms with Crippen molar-refractivity contribution in [1.82, 2.24) is 9.55 Å². The van der Waals surface area contributed by atoms with E-state index in [2.05, 4.69) is 29.5 Å². The molecule has 0 aliphatic carbocycles. The summed E-state index contributed by atoms with van der Waals surface area (Å²) in [6.45, 7) is 8.83. The molecule has 0 fully saturated rings. The quantitative estimate of drug-likeness (QED) is 0.771. The Labute approximate surface area is 113 Å². The van der Waals surface area contributed by atoms with Crippen molar-refractivity contribution in [3.05, 3.63) is 24.0 Å². The predicted octanol–water partition coefficient (Wildman–Crippen LogP) is 4.32. The number of benzene rings is 1. The van der Waals surface area contributed by atoms with Crippen molar-refractivity contribution in [2.24, 2.45) is 0 Å². The predicted molar refractivity (Wildman–Crippen MR) is 75.6 cm³/mol. The largest absolute Gasteiger partial charge is 0.492 e. The number of imidazole rings is 1. The van der Waals surface area contributed by atoms with Crippen molar-refractivity contribution < 1.29 is 4.74 Å². The van der Waals surface area contributed by atoms with E-state index in [4.69, 9.17) is 16.3 Å². The van der Waals surface area contributed by atoms with Gasteiger partial charge in [0, 0.05) is 6.04 Å². The molecular formula is C14H19ClN2O. The van der Waals surface area contributed by atoms with Gasteiger partial charge >= 0.3 is 0 Å². The molecular weight excluding hydrogens is 248 g/mol. The first-order chi connectivity index (χ1) is 8.56. The van der Waals surface area contributed by atoms with Gasteiger partial charge in [0.25, 0.3) is 0 Å². The van der Waals surface area contributed by atoms with Gasteiger partial charge in [-0.2, -0.15) is 0 Å². The SMILES string of the molecule is CCOc1cccc2c1nc(C(C)Cl)n2C(C)C. The summed E-state index contributed by atoms with van der Waals surface area (Å²) in [7, 11) is 0. The van der Waals surface area contributed by atoms with Crippen molar-refractivity contribution >= 4 is 22.6 Å². The van der Waals surface area contributed by atoms with Gasteiger partial charge in [0.2, 0.25) is 0 Å². The van der Waals surface area contributed by atoms with E-state index >= 15 is 0 Å². The van der Waals surface area contributed by atoms with Crippen molar-refractivity contribution in [3.8, 4) is 5.75 Å². The van der Waals surface area contributed by atoms with E-state index in [0.717, 1.165) is 22.6 Å². The molecule has 1 atom stereocenters. The van der Waals surface area contributed by atoms with Crippen LogP contribution in [0.5, 0.6) is 5.75 Å². The van der Waals surface area contributed by atoms with Crippen LogP contribution in [-0.2, 0) is 0 Å². The molecule has 0 N–H and O–H groups in total. The number of alkyl halides is 1. The highest BCUT2D eigenvalue weighted by Gasteiger charge is 2.18. The van der Waals surface area contributed by atoms with Crippen LogP contribution < -0.4 is 4.74 Å². The fourth-order valence-electron chi connectivity index (χ4n) is 2.20. The minimum atomic E-state index is -0.116. The molecule has 2 aromatic rings. The lowest BCUT2D eigenvalue weighted by Gasteiger charge is -2.14. The van der Waals surface area contributed by atoms with Gasteiger partial charge in [0.05, 0.1) is 17.5 Å². The third-order valence-electron chi connectivity index (χ3n) is 2.88. The maximum absolute atomic E-state index is 6.23. The Morgan fingerprint density at radius 2 is 2.06 bits per heavy atom. The molecule has 1 heterocycles. The summed E-state index contributed by atoms with van der Waals surface area (Å²) in [5.74, 6) is 1.72. The average molecular weight is 267 g/mol. The molecule has 0 amide bonds. The fraction of sp³-hybridized carbons (Fsp3) is 0.500. The molecule has 2 rings (SSSR count). The maximum atomic E-state index is 6.23. The van der Waals surface area contributed by atoms with Gasteiger partial charge < -0.3 is 9.30 Å². The van der Waals surface area contributed by atoms with Crippen LogP contribution in [0.1, 0.15) is 44.9 Å². The summed E-state index contributed by atoms with van der Waals surface area (Å²) in [5.41, 5.74) is 1.98. The van der Waals surface area contributed by atoms with Gasteiger partial charge in [-0.25, -0.2) is 4.98 Å². The molecule has 3 nitrogen and oxygen atoms in total. The molecule has 1 aromatic carbocycles. The van der Waals surface area contributed by atoms with Crippen LogP contribution in [-0.4, -0.2) is 16.2 Å². The Kier molecular flexibility index (Phi) is 3.81. The summed E-state index contributed by atoms with van der Waals surface area (Å²) >= 11 is 6.23. The van der Waals surface area contributed by atoms with Crippen LogP contribution in [0.25, 0.3) is 11.0 Å². The van der Waals surface area contributed by atoms with Crippen LogP contribution in [0.3, 0.4) is 0 Å². The number of nitrogens with zero attached hydrogens (tertiary/aromatic N) is 2. The smallest absolute Gasteiger partial charge is 0.147 e. The number of ether oxygens (including phenoxy) is 1. The first-order valence-corrected chi connectivity index (χ1v) is 6.77. The fourth-order valence-corrected chi connectivity index (χ4v) is 2.36. The van der Waals surface area contributed by atoms with Gasteiger partial charge in [0.1, 0.15) is 17.1 Å². The number of para-hydroxylation sites is 1. The zero-order chi connectivity index (χ0) is 13.3. The summed E-state index contributed by atoms with van der Waals surface area (Å²) in [6, 6.07) is 6.33. The van der Waals surface area contributed by atoms with Gasteiger partial charge in [0.15, 0.2) is 0 Å². The highest BCUT2D eigenvalue weighted by molar-refractivity contribution is 6.20. The molecule has 0 aliphatic heterocycles. The molecule has 1 aromatic heterocycles. The number of aromatic nitrogens is 2. The number of fused-ring (bicyclic) bond motifs is 1. The minimum Gasteiger partial charge on any atom is -0.492 e. The zero-order valence-corrected chi connectivity index (χ0v) is 12.0. The van der Waals surface area contributed by atoms with Crippen LogP contribution in [0.2, 0.25) is 0 Å². The normalized spacial score (nSPS) is 13.2. The Bertz CT molecular complexity index is 546. The van der Waals surface area contributed by atoms with E-state index in [-0.39, 0.29) is 5.38 Å².